The Labute approximate surface area is 260 Å². The number of carbonyl (C=O) groups is 4. The van der Waals surface area contributed by atoms with Crippen LogP contribution in [0.15, 0.2) is 64.5 Å². The second-order valence-corrected chi connectivity index (χ2v) is 12.0. The van der Waals surface area contributed by atoms with Crippen molar-refractivity contribution in [1.29, 1.82) is 0 Å². The first-order valence-corrected chi connectivity index (χ1v) is 15.5. The van der Waals surface area contributed by atoms with Crippen LogP contribution in [0.2, 0.25) is 0 Å². The smallest absolute Gasteiger partial charge is 0.370 e. The first kappa shape index (κ1) is 34.6. The van der Waals surface area contributed by atoms with Crippen LogP contribution in [0.25, 0.3) is 0 Å². The van der Waals surface area contributed by atoms with Gasteiger partial charge in [0.05, 0.1) is 11.4 Å². The van der Waals surface area contributed by atoms with Crippen molar-refractivity contribution in [3.05, 3.63) is 65.1 Å². The third-order valence-corrected chi connectivity index (χ3v) is 8.18. The molecule has 6 N–H and O–H groups in total. The van der Waals surface area contributed by atoms with E-state index in [1.807, 2.05) is 6.92 Å². The second kappa shape index (κ2) is 15.7. The number of sulfonamides is 1. The van der Waals surface area contributed by atoms with Crippen LogP contribution in [0.5, 0.6) is 0 Å². The Morgan fingerprint density at radius 1 is 1.11 bits per heavy atom. The minimum atomic E-state index is -3.99. The number of anilines is 1. The lowest BCUT2D eigenvalue weighted by atomic mass is 10.1. The highest BCUT2D eigenvalue weighted by Crippen LogP contribution is 2.20. The van der Waals surface area contributed by atoms with Crippen LogP contribution in [0.1, 0.15) is 38.2 Å². The van der Waals surface area contributed by atoms with Gasteiger partial charge in [-0.3, -0.25) is 19.4 Å². The molecule has 0 spiro atoms. The molecule has 2 aromatic carbocycles. The third-order valence-electron chi connectivity index (χ3n) is 6.76. The molecule has 2 aromatic rings. The molecule has 1 heterocycles. The van der Waals surface area contributed by atoms with Crippen LogP contribution in [0.4, 0.5) is 5.69 Å². The number of aliphatic imine (C=N–C) groups is 1. The highest BCUT2D eigenvalue weighted by Gasteiger charge is 2.42. The van der Waals surface area contributed by atoms with Gasteiger partial charge in [-0.2, -0.15) is 0 Å². The van der Waals surface area contributed by atoms with Gasteiger partial charge in [0.1, 0.15) is 22.7 Å². The first-order valence-electron chi connectivity index (χ1n) is 14.1. The van der Waals surface area contributed by atoms with Gasteiger partial charge in [-0.1, -0.05) is 35.9 Å². The second-order valence-electron chi connectivity index (χ2n) is 10.2. The van der Waals surface area contributed by atoms with E-state index in [0.717, 1.165) is 12.5 Å². The predicted octanol–water partition coefficient (Wildman–Crippen LogP) is 0.00792. The molecule has 45 heavy (non-hydrogen) atoms. The molecule has 0 unspecified atom stereocenters. The van der Waals surface area contributed by atoms with E-state index < -0.39 is 52.3 Å². The van der Waals surface area contributed by atoms with E-state index in [1.54, 1.807) is 30.3 Å². The minimum Gasteiger partial charge on any atom is -0.370 e. The normalized spacial score (nSPS) is 15.1. The van der Waals surface area contributed by atoms with E-state index in [-0.39, 0.29) is 53.9 Å². The van der Waals surface area contributed by atoms with Crippen molar-refractivity contribution >= 4 is 45.4 Å². The minimum absolute atomic E-state index is 0.0113. The Morgan fingerprint density at radius 3 is 2.40 bits per heavy atom. The zero-order chi connectivity index (χ0) is 33.1. The van der Waals surface area contributed by atoms with E-state index in [2.05, 4.69) is 19.9 Å². The van der Waals surface area contributed by atoms with Gasteiger partial charge >= 0.3 is 16.9 Å². The Kier molecular flexibility index (Phi) is 12.1. The molecule has 2 atom stereocenters. The lowest BCUT2D eigenvalue weighted by Crippen LogP contribution is -2.56. The van der Waals surface area contributed by atoms with Crippen LogP contribution >= 0.6 is 0 Å². The van der Waals surface area contributed by atoms with Crippen LogP contribution in [-0.2, 0) is 34.0 Å². The van der Waals surface area contributed by atoms with Gasteiger partial charge in [-0.25, -0.2) is 17.9 Å². The van der Waals surface area contributed by atoms with Crippen molar-refractivity contribution in [3.63, 3.8) is 0 Å². The average Bonchev–Trinajstić information content (AvgIpc) is 3.48. The molecule has 0 radical (unpaired) electrons. The van der Waals surface area contributed by atoms with Gasteiger partial charge in [-0.05, 0) is 56.9 Å². The van der Waals surface area contributed by atoms with Crippen LogP contribution in [0, 0.1) is 11.8 Å². The summed E-state index contributed by atoms with van der Waals surface area (Å²) in [6.45, 7) is 2.50. The molecule has 1 aliphatic heterocycles. The fourth-order valence-electron chi connectivity index (χ4n) is 4.60. The van der Waals surface area contributed by atoms with E-state index in [4.69, 9.17) is 11.5 Å². The molecule has 0 bridgehead atoms. The van der Waals surface area contributed by atoms with Crippen molar-refractivity contribution in [1.82, 2.24) is 14.9 Å². The van der Waals surface area contributed by atoms with E-state index in [1.165, 1.54) is 29.2 Å². The van der Waals surface area contributed by atoms with Gasteiger partial charge in [0.2, 0.25) is 21.8 Å². The largest absolute Gasteiger partial charge is 0.385 e. The molecule has 242 valence electrons. The van der Waals surface area contributed by atoms with Crippen molar-refractivity contribution in [2.75, 3.05) is 24.6 Å². The van der Waals surface area contributed by atoms with Gasteiger partial charge in [-0.15, -0.1) is 4.84 Å². The zero-order valence-corrected chi connectivity index (χ0v) is 25.7. The Morgan fingerprint density at radius 2 is 1.78 bits per heavy atom. The van der Waals surface area contributed by atoms with Crippen molar-refractivity contribution in [2.24, 2.45) is 16.5 Å². The lowest BCUT2D eigenvalue weighted by Gasteiger charge is -2.26. The molecule has 1 saturated heterocycles. The molecular formula is C28H37N8O8S+. The fraction of sp³-hybridized carbons (Fsp3) is 0.393. The Balaban J connectivity index is 1.79. The molecule has 17 heteroatoms. The number of guanidine groups is 1. The molecule has 0 aromatic heterocycles. The summed E-state index contributed by atoms with van der Waals surface area (Å²) in [5.41, 5.74) is 11.7. The SMILES string of the molecule is CC(=O)O[N+](=O)N(C(=O)[C@H](CCCN=C(N)N)NC(=O)[C@@H]1CCCN1C(=O)CNS(=O)(=O)c1ccc(C)cc1)c1ccccc1. The number of nitrogens with zero attached hydrogens (tertiary/aromatic N) is 4. The number of likely N-dealkylation sites (tertiary alicyclic amines) is 1. The lowest BCUT2D eigenvalue weighted by molar-refractivity contribution is -0.779. The summed E-state index contributed by atoms with van der Waals surface area (Å²) in [5, 5.41) is 2.90. The molecule has 3 rings (SSSR count). The highest BCUT2D eigenvalue weighted by atomic mass is 32.2. The molecule has 1 aliphatic rings. The molecule has 0 saturated carbocycles. The van der Waals surface area contributed by atoms with Crippen molar-refractivity contribution in [2.45, 2.75) is 56.5 Å². The quantitative estimate of drug-likeness (QED) is 0.0931. The number of benzene rings is 2. The molecule has 16 nitrogen and oxygen atoms in total. The summed E-state index contributed by atoms with van der Waals surface area (Å²) in [6, 6.07) is 11.4. The summed E-state index contributed by atoms with van der Waals surface area (Å²) < 4.78 is 27.6. The van der Waals surface area contributed by atoms with Gasteiger partial charge < -0.3 is 21.7 Å². The summed E-state index contributed by atoms with van der Waals surface area (Å²) in [5.74, 6) is -3.42. The number of para-hydroxylation sites is 1. The number of hydrogen-bond donors (Lipinski definition) is 4. The van der Waals surface area contributed by atoms with E-state index in [9.17, 15) is 32.5 Å². The maximum Gasteiger partial charge on any atom is 0.385 e. The first-order chi connectivity index (χ1) is 21.3. The maximum atomic E-state index is 13.8. The summed E-state index contributed by atoms with van der Waals surface area (Å²) >= 11 is 0. The number of carbonyl (C=O) groups excluding carboxylic acids is 4. The highest BCUT2D eigenvalue weighted by molar-refractivity contribution is 7.89. The number of hydrogen-bond acceptors (Lipinski definition) is 9. The van der Waals surface area contributed by atoms with Crippen LogP contribution in [0.3, 0.4) is 0 Å². The topological polar surface area (TPSA) is 227 Å². The number of rotatable bonds is 14. The van der Waals surface area contributed by atoms with Crippen molar-refractivity contribution in [3.8, 4) is 0 Å². The number of nitrogens with one attached hydrogen (secondary N) is 2. The molecule has 0 aliphatic carbocycles. The average molecular weight is 646 g/mol. The summed E-state index contributed by atoms with van der Waals surface area (Å²) in [6.07, 6.45) is 0.878. The van der Waals surface area contributed by atoms with E-state index in [0.29, 0.717) is 11.4 Å². The number of hydrazine groups is 1. The van der Waals surface area contributed by atoms with Gasteiger partial charge in [0.15, 0.2) is 5.96 Å². The van der Waals surface area contributed by atoms with Gasteiger partial charge in [0, 0.05) is 25.0 Å². The number of nitrogens with two attached hydrogens (primary N) is 2. The summed E-state index contributed by atoms with van der Waals surface area (Å²) in [7, 11) is -3.99. The van der Waals surface area contributed by atoms with E-state index >= 15 is 0 Å². The Hall–Kier alpha value is -4.90. The maximum absolute atomic E-state index is 13.8. The standard InChI is InChI=1S/C28H36N8O8S/c1-19-12-14-22(15-13-19)45(42,43)32-18-25(38)34-17-7-11-24(34)26(39)33-23(10-6-16-31-28(29)30)27(40)35(36(41)44-20(2)37)21-8-4-3-5-9-21/h3-5,8-9,12-15,23-24,32H,6-7,10-11,16-18H2,1-2H3,(H4-,29,30,31,33,39)/p+1/t23-,24-/m0/s1. The van der Waals surface area contributed by atoms with Crippen LogP contribution < -0.4 is 26.5 Å². The molecule has 3 amide bonds. The Bertz CT molecular complexity index is 1530. The molecular weight excluding hydrogens is 608 g/mol. The number of aryl methyl sites for hydroxylation is 1. The fourth-order valence-corrected chi connectivity index (χ4v) is 5.57. The van der Waals surface area contributed by atoms with Gasteiger partial charge in [0.25, 0.3) is 0 Å². The monoisotopic (exact) mass is 645 g/mol. The third kappa shape index (κ3) is 9.80. The summed E-state index contributed by atoms with van der Waals surface area (Å²) in [4.78, 5) is 74.4. The zero-order valence-electron chi connectivity index (χ0n) is 24.9. The molecule has 1 fully saturated rings. The predicted molar refractivity (Wildman–Crippen MR) is 162 cm³/mol. The van der Waals surface area contributed by atoms with Crippen molar-refractivity contribution < 1.29 is 37.5 Å². The number of amides is 3. The van der Waals surface area contributed by atoms with Crippen LogP contribution in [-0.4, -0.2) is 79.7 Å².